The summed E-state index contributed by atoms with van der Waals surface area (Å²) in [5.74, 6) is -3.34. The third-order valence-electron chi connectivity index (χ3n) is 3.39. The van der Waals surface area contributed by atoms with Gasteiger partial charge in [-0.3, -0.25) is 0 Å². The fraction of sp³-hybridized carbons (Fsp3) is 0.118. The fourth-order valence-corrected chi connectivity index (χ4v) is 2.12. The highest BCUT2D eigenvalue weighted by molar-refractivity contribution is 5.89. The van der Waals surface area contributed by atoms with E-state index in [2.05, 4.69) is 10.1 Å². The predicted octanol–water partition coefficient (Wildman–Crippen LogP) is 4.39. The molecule has 3 rings (SSSR count). The van der Waals surface area contributed by atoms with Gasteiger partial charge in [-0.2, -0.15) is 18.2 Å². The van der Waals surface area contributed by atoms with Gasteiger partial charge in [0.2, 0.25) is 5.82 Å². The third-order valence-corrected chi connectivity index (χ3v) is 3.39. The molecule has 5 nitrogen and oxygen atoms in total. The molecule has 2 aromatic carbocycles. The number of rotatable bonds is 4. The molecule has 0 aliphatic heterocycles. The summed E-state index contributed by atoms with van der Waals surface area (Å²) in [5, 5.41) is 3.51. The SMILES string of the molecule is O=C(OCc1nc(-c2cccc(C(F)(F)F)c2)no1)c1cc(F)ccc1F. The second-order valence-corrected chi connectivity index (χ2v) is 5.29. The first-order valence-electron chi connectivity index (χ1n) is 7.36. The van der Waals surface area contributed by atoms with E-state index in [0.717, 1.165) is 24.3 Å². The molecule has 1 heterocycles. The van der Waals surface area contributed by atoms with Crippen molar-refractivity contribution >= 4 is 5.97 Å². The number of benzene rings is 2. The molecule has 27 heavy (non-hydrogen) atoms. The molecule has 0 radical (unpaired) electrons. The maximum absolute atomic E-state index is 13.5. The zero-order valence-corrected chi connectivity index (χ0v) is 13.3. The molecular weight excluding hydrogens is 375 g/mol. The van der Waals surface area contributed by atoms with Crippen molar-refractivity contribution < 1.29 is 36.0 Å². The van der Waals surface area contributed by atoms with Crippen molar-refractivity contribution in [2.75, 3.05) is 0 Å². The summed E-state index contributed by atoms with van der Waals surface area (Å²) in [4.78, 5) is 15.6. The van der Waals surface area contributed by atoms with Gasteiger partial charge in [0.05, 0.1) is 11.1 Å². The van der Waals surface area contributed by atoms with Crippen LogP contribution in [0.5, 0.6) is 0 Å². The van der Waals surface area contributed by atoms with Crippen LogP contribution in [-0.4, -0.2) is 16.1 Å². The molecule has 0 spiro atoms. The van der Waals surface area contributed by atoms with Gasteiger partial charge in [-0.15, -0.1) is 0 Å². The predicted molar refractivity (Wildman–Crippen MR) is 80.2 cm³/mol. The van der Waals surface area contributed by atoms with Crippen LogP contribution in [0.25, 0.3) is 11.4 Å². The van der Waals surface area contributed by atoms with Crippen molar-refractivity contribution in [1.82, 2.24) is 10.1 Å². The second kappa shape index (κ2) is 7.14. The van der Waals surface area contributed by atoms with E-state index >= 15 is 0 Å². The molecule has 0 aliphatic carbocycles. The van der Waals surface area contributed by atoms with E-state index < -0.39 is 41.5 Å². The Morgan fingerprint density at radius 3 is 2.63 bits per heavy atom. The maximum Gasteiger partial charge on any atom is 0.416 e. The molecule has 0 saturated carbocycles. The third kappa shape index (κ3) is 4.27. The molecule has 0 fully saturated rings. The van der Waals surface area contributed by atoms with Crippen LogP contribution < -0.4 is 0 Å². The van der Waals surface area contributed by atoms with Crippen LogP contribution in [0.4, 0.5) is 22.0 Å². The highest BCUT2D eigenvalue weighted by atomic mass is 19.4. The van der Waals surface area contributed by atoms with Crippen molar-refractivity contribution in [3.05, 3.63) is 71.1 Å². The van der Waals surface area contributed by atoms with Crippen LogP contribution in [0, 0.1) is 11.6 Å². The molecule has 3 aromatic rings. The van der Waals surface area contributed by atoms with Gasteiger partial charge in [0, 0.05) is 5.56 Å². The zero-order chi connectivity index (χ0) is 19.6. The fourth-order valence-electron chi connectivity index (χ4n) is 2.12. The molecule has 0 atom stereocenters. The lowest BCUT2D eigenvalue weighted by atomic mass is 10.1. The van der Waals surface area contributed by atoms with Crippen LogP contribution in [0.3, 0.4) is 0 Å². The van der Waals surface area contributed by atoms with Crippen molar-refractivity contribution in [1.29, 1.82) is 0 Å². The van der Waals surface area contributed by atoms with Gasteiger partial charge in [-0.25, -0.2) is 13.6 Å². The second-order valence-electron chi connectivity index (χ2n) is 5.29. The Balaban J connectivity index is 1.72. The van der Waals surface area contributed by atoms with Crippen molar-refractivity contribution in [3.8, 4) is 11.4 Å². The Morgan fingerprint density at radius 1 is 1.11 bits per heavy atom. The number of halogens is 5. The minimum absolute atomic E-state index is 0.0438. The van der Waals surface area contributed by atoms with E-state index in [1.54, 1.807) is 0 Å². The van der Waals surface area contributed by atoms with Crippen LogP contribution in [0.15, 0.2) is 47.0 Å². The Hall–Kier alpha value is -3.30. The van der Waals surface area contributed by atoms with Gasteiger partial charge < -0.3 is 9.26 Å². The number of alkyl halides is 3. The Morgan fingerprint density at radius 2 is 1.89 bits per heavy atom. The summed E-state index contributed by atoms with van der Waals surface area (Å²) >= 11 is 0. The van der Waals surface area contributed by atoms with Gasteiger partial charge in [-0.1, -0.05) is 17.3 Å². The van der Waals surface area contributed by atoms with Gasteiger partial charge in [-0.05, 0) is 30.3 Å². The molecule has 0 N–H and O–H groups in total. The number of aromatic nitrogens is 2. The Labute approximate surface area is 148 Å². The van der Waals surface area contributed by atoms with E-state index in [9.17, 15) is 26.7 Å². The summed E-state index contributed by atoms with van der Waals surface area (Å²) in [6.45, 7) is -0.569. The largest absolute Gasteiger partial charge is 0.452 e. The molecule has 140 valence electrons. The summed E-state index contributed by atoms with van der Waals surface area (Å²) in [5.41, 5.74) is -1.46. The summed E-state index contributed by atoms with van der Waals surface area (Å²) in [7, 11) is 0. The normalized spacial score (nSPS) is 11.4. The number of carbonyl (C=O) groups excluding carboxylic acids is 1. The molecule has 0 amide bonds. The summed E-state index contributed by atoms with van der Waals surface area (Å²) < 4.78 is 74.4. The highest BCUT2D eigenvalue weighted by Crippen LogP contribution is 2.31. The highest BCUT2D eigenvalue weighted by Gasteiger charge is 2.30. The van der Waals surface area contributed by atoms with Gasteiger partial charge in [0.1, 0.15) is 11.6 Å². The number of ether oxygens (including phenoxy) is 1. The van der Waals surface area contributed by atoms with E-state index in [4.69, 9.17) is 9.26 Å². The lowest BCUT2D eigenvalue weighted by Crippen LogP contribution is -2.08. The number of carbonyl (C=O) groups is 1. The Kier molecular flexibility index (Phi) is 4.89. The summed E-state index contributed by atoms with van der Waals surface area (Å²) in [6, 6.07) is 6.52. The van der Waals surface area contributed by atoms with E-state index in [1.807, 2.05) is 0 Å². The molecule has 10 heteroatoms. The van der Waals surface area contributed by atoms with Crippen LogP contribution in [0.1, 0.15) is 21.8 Å². The molecule has 0 unspecified atom stereocenters. The van der Waals surface area contributed by atoms with Crippen LogP contribution in [-0.2, 0) is 17.5 Å². The smallest absolute Gasteiger partial charge is 0.416 e. The van der Waals surface area contributed by atoms with E-state index in [-0.39, 0.29) is 17.3 Å². The summed E-state index contributed by atoms with van der Waals surface area (Å²) in [6.07, 6.45) is -4.53. The van der Waals surface area contributed by atoms with Gasteiger partial charge in [0.15, 0.2) is 6.61 Å². The minimum atomic E-state index is -4.53. The monoisotopic (exact) mass is 384 g/mol. The zero-order valence-electron chi connectivity index (χ0n) is 13.3. The van der Waals surface area contributed by atoms with Crippen molar-refractivity contribution in [2.45, 2.75) is 12.8 Å². The van der Waals surface area contributed by atoms with E-state index in [1.165, 1.54) is 12.1 Å². The lowest BCUT2D eigenvalue weighted by Gasteiger charge is -2.06. The minimum Gasteiger partial charge on any atom is -0.452 e. The van der Waals surface area contributed by atoms with Gasteiger partial charge in [0.25, 0.3) is 5.89 Å². The molecule has 1 aromatic heterocycles. The topological polar surface area (TPSA) is 65.2 Å². The average molecular weight is 384 g/mol. The standard InChI is InChI=1S/C17H9F5N2O3/c18-11-4-5-13(19)12(7-11)16(25)26-8-14-23-15(24-27-14)9-2-1-3-10(6-9)17(20,21)22/h1-7H,8H2. The van der Waals surface area contributed by atoms with E-state index in [0.29, 0.717) is 6.07 Å². The lowest BCUT2D eigenvalue weighted by molar-refractivity contribution is -0.137. The molecule has 0 aliphatic rings. The quantitative estimate of drug-likeness (QED) is 0.493. The van der Waals surface area contributed by atoms with Crippen LogP contribution >= 0.6 is 0 Å². The Bertz CT molecular complexity index is 985. The molecular formula is C17H9F5N2O3. The van der Waals surface area contributed by atoms with Gasteiger partial charge >= 0.3 is 12.1 Å². The molecule has 0 saturated heterocycles. The average Bonchev–Trinajstić information content (AvgIpc) is 3.10. The number of nitrogens with zero attached hydrogens (tertiary/aromatic N) is 2. The van der Waals surface area contributed by atoms with Crippen molar-refractivity contribution in [3.63, 3.8) is 0 Å². The number of hydrogen-bond acceptors (Lipinski definition) is 5. The first kappa shape index (κ1) is 18.5. The first-order chi connectivity index (χ1) is 12.7. The number of esters is 1. The number of hydrogen-bond donors (Lipinski definition) is 0. The maximum atomic E-state index is 13.5. The molecule has 0 bridgehead atoms. The first-order valence-corrected chi connectivity index (χ1v) is 7.36. The van der Waals surface area contributed by atoms with Crippen molar-refractivity contribution in [2.24, 2.45) is 0 Å². The van der Waals surface area contributed by atoms with Crippen LogP contribution in [0.2, 0.25) is 0 Å².